The molecule has 2 aliphatic rings. The van der Waals surface area contributed by atoms with E-state index in [4.69, 9.17) is 0 Å². The van der Waals surface area contributed by atoms with Gasteiger partial charge in [0.2, 0.25) is 11.8 Å². The van der Waals surface area contributed by atoms with Crippen molar-refractivity contribution in [2.75, 3.05) is 0 Å². The maximum absolute atomic E-state index is 12.3. The SMILES string of the molecule is Cc1ccccc1C1C(=O)NC(=O)CC12CC(C)C2. The highest BCUT2D eigenvalue weighted by Crippen LogP contribution is 2.58. The summed E-state index contributed by atoms with van der Waals surface area (Å²) in [5.41, 5.74) is 2.08. The number of hydrogen-bond acceptors (Lipinski definition) is 2. The summed E-state index contributed by atoms with van der Waals surface area (Å²) >= 11 is 0. The molecule has 1 N–H and O–H groups in total. The van der Waals surface area contributed by atoms with E-state index in [1.807, 2.05) is 31.2 Å². The Labute approximate surface area is 113 Å². The van der Waals surface area contributed by atoms with Gasteiger partial charge in [-0.2, -0.15) is 0 Å². The average molecular weight is 257 g/mol. The molecule has 3 rings (SSSR count). The second-order valence-corrected chi connectivity index (χ2v) is 6.25. The van der Waals surface area contributed by atoms with Crippen LogP contribution in [0.1, 0.15) is 43.2 Å². The minimum atomic E-state index is -0.164. The second-order valence-electron chi connectivity index (χ2n) is 6.25. The van der Waals surface area contributed by atoms with Gasteiger partial charge in [-0.05, 0) is 42.2 Å². The highest BCUT2D eigenvalue weighted by Gasteiger charge is 2.55. The molecule has 19 heavy (non-hydrogen) atoms. The lowest BCUT2D eigenvalue weighted by Crippen LogP contribution is -2.55. The van der Waals surface area contributed by atoms with Gasteiger partial charge < -0.3 is 0 Å². The van der Waals surface area contributed by atoms with E-state index >= 15 is 0 Å². The van der Waals surface area contributed by atoms with Gasteiger partial charge in [-0.15, -0.1) is 0 Å². The smallest absolute Gasteiger partial charge is 0.234 e. The molecule has 2 fully saturated rings. The molecule has 1 aliphatic heterocycles. The summed E-state index contributed by atoms with van der Waals surface area (Å²) in [6.07, 6.45) is 2.44. The first-order chi connectivity index (χ1) is 9.02. The zero-order valence-corrected chi connectivity index (χ0v) is 11.4. The van der Waals surface area contributed by atoms with Crippen LogP contribution in [0.4, 0.5) is 0 Å². The maximum atomic E-state index is 12.3. The first kappa shape index (κ1) is 12.4. The Kier molecular flexibility index (Phi) is 2.73. The third-order valence-corrected chi connectivity index (χ3v) is 4.66. The molecule has 1 aromatic rings. The number of imide groups is 1. The first-order valence-corrected chi connectivity index (χ1v) is 6.91. The molecule has 1 aliphatic carbocycles. The summed E-state index contributed by atoms with van der Waals surface area (Å²) in [5, 5.41) is 2.52. The summed E-state index contributed by atoms with van der Waals surface area (Å²) in [5.74, 6) is 0.229. The minimum absolute atomic E-state index is 0.110. The quantitative estimate of drug-likeness (QED) is 0.786. The third-order valence-electron chi connectivity index (χ3n) is 4.66. The van der Waals surface area contributed by atoms with Gasteiger partial charge in [0.1, 0.15) is 0 Å². The fourth-order valence-electron chi connectivity index (χ4n) is 4.04. The van der Waals surface area contributed by atoms with E-state index < -0.39 is 0 Å². The standard InChI is InChI=1S/C16H19NO2/c1-10-7-16(8-10)9-13(18)17-15(19)14(16)12-6-4-3-5-11(12)2/h3-6,10,14H,7-9H2,1-2H3,(H,17,18,19). The molecule has 2 amide bonds. The largest absolute Gasteiger partial charge is 0.296 e. The normalized spacial score (nSPS) is 34.0. The van der Waals surface area contributed by atoms with E-state index in [2.05, 4.69) is 12.2 Å². The highest BCUT2D eigenvalue weighted by atomic mass is 16.2. The fraction of sp³-hybridized carbons (Fsp3) is 0.500. The van der Waals surface area contributed by atoms with Crippen molar-refractivity contribution in [1.82, 2.24) is 5.32 Å². The maximum Gasteiger partial charge on any atom is 0.234 e. The molecule has 0 bridgehead atoms. The molecule has 1 unspecified atom stereocenters. The van der Waals surface area contributed by atoms with Crippen molar-refractivity contribution in [2.24, 2.45) is 11.3 Å². The Bertz CT molecular complexity index is 543. The van der Waals surface area contributed by atoms with E-state index in [1.165, 1.54) is 0 Å². The van der Waals surface area contributed by atoms with Gasteiger partial charge in [-0.25, -0.2) is 0 Å². The highest BCUT2D eigenvalue weighted by molar-refractivity contribution is 6.02. The van der Waals surface area contributed by atoms with Gasteiger partial charge in [0.15, 0.2) is 0 Å². The van der Waals surface area contributed by atoms with Crippen LogP contribution in [0, 0.1) is 18.3 Å². The number of amides is 2. The molecule has 3 nitrogen and oxygen atoms in total. The number of carbonyl (C=O) groups excluding carboxylic acids is 2. The van der Waals surface area contributed by atoms with E-state index in [-0.39, 0.29) is 23.1 Å². The second kappa shape index (κ2) is 4.19. The number of rotatable bonds is 1. The number of piperidine rings is 1. The van der Waals surface area contributed by atoms with Crippen LogP contribution in [0.2, 0.25) is 0 Å². The van der Waals surface area contributed by atoms with Crippen LogP contribution in [0.5, 0.6) is 0 Å². The van der Waals surface area contributed by atoms with Crippen LogP contribution in [0.25, 0.3) is 0 Å². The summed E-state index contributed by atoms with van der Waals surface area (Å²) in [7, 11) is 0. The summed E-state index contributed by atoms with van der Waals surface area (Å²) < 4.78 is 0. The molecule has 1 heterocycles. The van der Waals surface area contributed by atoms with Crippen LogP contribution in [0.15, 0.2) is 24.3 Å². The van der Waals surface area contributed by atoms with Crippen LogP contribution in [-0.2, 0) is 9.59 Å². The number of aryl methyl sites for hydroxylation is 1. The van der Waals surface area contributed by atoms with E-state index in [1.54, 1.807) is 0 Å². The van der Waals surface area contributed by atoms with E-state index in [9.17, 15) is 9.59 Å². The summed E-state index contributed by atoms with van der Waals surface area (Å²) in [6, 6.07) is 8.03. The minimum Gasteiger partial charge on any atom is -0.296 e. The number of hydrogen-bond donors (Lipinski definition) is 1. The van der Waals surface area contributed by atoms with Crippen LogP contribution >= 0.6 is 0 Å². The summed E-state index contributed by atoms with van der Waals surface area (Å²) in [6.45, 7) is 4.23. The zero-order chi connectivity index (χ0) is 13.6. The lowest BCUT2D eigenvalue weighted by Gasteiger charge is -2.53. The van der Waals surface area contributed by atoms with Crippen molar-refractivity contribution in [3.8, 4) is 0 Å². The molecule has 3 heteroatoms. The van der Waals surface area contributed by atoms with E-state index in [0.29, 0.717) is 12.3 Å². The molecule has 0 radical (unpaired) electrons. The van der Waals surface area contributed by atoms with Crippen molar-refractivity contribution < 1.29 is 9.59 Å². The zero-order valence-electron chi connectivity index (χ0n) is 11.4. The number of nitrogens with one attached hydrogen (secondary N) is 1. The van der Waals surface area contributed by atoms with Crippen molar-refractivity contribution in [2.45, 2.75) is 39.0 Å². The molecule has 1 saturated heterocycles. The van der Waals surface area contributed by atoms with Crippen molar-refractivity contribution in [3.05, 3.63) is 35.4 Å². The van der Waals surface area contributed by atoms with Crippen LogP contribution < -0.4 is 5.32 Å². The Hall–Kier alpha value is -1.64. The predicted octanol–water partition coefficient (Wildman–Crippen LogP) is 2.54. The van der Waals surface area contributed by atoms with Gasteiger partial charge in [-0.1, -0.05) is 31.2 Å². The monoisotopic (exact) mass is 257 g/mol. The lowest BCUT2D eigenvalue weighted by atomic mass is 9.52. The average Bonchev–Trinajstić information content (AvgIpc) is 2.28. The Balaban J connectivity index is 2.04. The van der Waals surface area contributed by atoms with Gasteiger partial charge >= 0.3 is 0 Å². The van der Waals surface area contributed by atoms with Gasteiger partial charge in [0.25, 0.3) is 0 Å². The van der Waals surface area contributed by atoms with Crippen molar-refractivity contribution >= 4 is 11.8 Å². The summed E-state index contributed by atoms with van der Waals surface area (Å²) in [4.78, 5) is 24.1. The van der Waals surface area contributed by atoms with Crippen LogP contribution in [0.3, 0.4) is 0 Å². The molecule has 1 saturated carbocycles. The Morgan fingerprint density at radius 3 is 2.53 bits per heavy atom. The van der Waals surface area contributed by atoms with Crippen molar-refractivity contribution in [3.63, 3.8) is 0 Å². The molecule has 0 aromatic heterocycles. The molecule has 1 spiro atoms. The van der Waals surface area contributed by atoms with Gasteiger partial charge in [0, 0.05) is 6.42 Å². The Morgan fingerprint density at radius 1 is 1.21 bits per heavy atom. The first-order valence-electron chi connectivity index (χ1n) is 6.91. The predicted molar refractivity (Wildman–Crippen MR) is 72.5 cm³/mol. The molecule has 1 aromatic carbocycles. The molecule has 100 valence electrons. The number of benzene rings is 1. The molecule has 1 atom stereocenters. The third kappa shape index (κ3) is 1.88. The molecular formula is C16H19NO2. The van der Waals surface area contributed by atoms with Gasteiger partial charge in [0.05, 0.1) is 5.92 Å². The number of carbonyl (C=O) groups is 2. The van der Waals surface area contributed by atoms with Crippen LogP contribution in [-0.4, -0.2) is 11.8 Å². The van der Waals surface area contributed by atoms with Gasteiger partial charge in [-0.3, -0.25) is 14.9 Å². The fourth-order valence-corrected chi connectivity index (χ4v) is 4.04. The Morgan fingerprint density at radius 2 is 1.89 bits per heavy atom. The van der Waals surface area contributed by atoms with E-state index in [0.717, 1.165) is 24.0 Å². The molecular weight excluding hydrogens is 238 g/mol. The topological polar surface area (TPSA) is 46.2 Å². The lowest BCUT2D eigenvalue weighted by molar-refractivity contribution is -0.145. The van der Waals surface area contributed by atoms with Crippen molar-refractivity contribution in [1.29, 1.82) is 0 Å².